The van der Waals surface area contributed by atoms with Gasteiger partial charge in [-0.25, -0.2) is 4.39 Å². The lowest BCUT2D eigenvalue weighted by Gasteiger charge is -2.17. The van der Waals surface area contributed by atoms with E-state index in [1.807, 2.05) is 6.07 Å². The summed E-state index contributed by atoms with van der Waals surface area (Å²) >= 11 is 0. The summed E-state index contributed by atoms with van der Waals surface area (Å²) in [5, 5.41) is 13.2. The molecule has 0 unspecified atom stereocenters. The van der Waals surface area contributed by atoms with Crippen LogP contribution in [-0.4, -0.2) is 21.0 Å². The Labute approximate surface area is 204 Å². The third kappa shape index (κ3) is 5.48. The minimum atomic E-state index is -0.635. The van der Waals surface area contributed by atoms with Crippen LogP contribution in [-0.2, 0) is 6.42 Å². The predicted octanol–water partition coefficient (Wildman–Crippen LogP) is 7.65. The maximum Gasteiger partial charge on any atom is 0.258 e. The Balaban J connectivity index is 1.55. The van der Waals surface area contributed by atoms with Gasteiger partial charge in [-0.2, -0.15) is 4.98 Å². The number of benzene rings is 2. The Morgan fingerprint density at radius 3 is 2.69 bits per heavy atom. The molecule has 1 aliphatic rings. The molecule has 35 heavy (non-hydrogen) atoms. The average molecular weight is 473 g/mol. The van der Waals surface area contributed by atoms with Gasteiger partial charge in [0, 0.05) is 24.0 Å². The number of carbonyl (C=O) groups is 1. The van der Waals surface area contributed by atoms with Gasteiger partial charge in [-0.1, -0.05) is 42.9 Å². The largest absolute Gasteiger partial charge is 0.513 e. The van der Waals surface area contributed by atoms with Gasteiger partial charge in [-0.15, -0.1) is 0 Å². The first-order chi connectivity index (χ1) is 16.9. The molecule has 1 heterocycles. The summed E-state index contributed by atoms with van der Waals surface area (Å²) in [7, 11) is 0. The van der Waals surface area contributed by atoms with Crippen molar-refractivity contribution in [2.75, 3.05) is 0 Å². The second-order valence-electron chi connectivity index (χ2n) is 8.79. The van der Waals surface area contributed by atoms with E-state index in [0.29, 0.717) is 24.3 Å². The minimum Gasteiger partial charge on any atom is -0.513 e. The molecule has 0 radical (unpaired) electrons. The lowest BCUT2D eigenvalue weighted by molar-refractivity contribution is 0.0975. The monoisotopic (exact) mass is 472 g/mol. The van der Waals surface area contributed by atoms with Gasteiger partial charge in [0.05, 0.1) is 11.3 Å². The summed E-state index contributed by atoms with van der Waals surface area (Å²) in [6.45, 7) is 7.67. The fraction of sp³-hybridized carbons (Fsp3) is 0.276. The maximum atomic E-state index is 14.7. The molecule has 2 aromatic carbocycles. The lowest BCUT2D eigenvalue weighted by Crippen LogP contribution is -2.03. The Kier molecular flexibility index (Phi) is 7.39. The Bertz CT molecular complexity index is 1330. The van der Waals surface area contributed by atoms with E-state index in [1.54, 1.807) is 6.07 Å². The van der Waals surface area contributed by atoms with Gasteiger partial charge in [0.25, 0.3) is 5.89 Å². The van der Waals surface area contributed by atoms with Crippen molar-refractivity contribution in [2.45, 2.75) is 52.4 Å². The number of rotatable bonds is 9. The first kappa shape index (κ1) is 24.3. The highest BCUT2D eigenvalue weighted by molar-refractivity contribution is 5.96. The van der Waals surface area contributed by atoms with Crippen molar-refractivity contribution in [3.63, 3.8) is 0 Å². The predicted molar refractivity (Wildman–Crippen MR) is 135 cm³/mol. The van der Waals surface area contributed by atoms with Crippen molar-refractivity contribution in [2.24, 2.45) is 0 Å². The fourth-order valence-electron chi connectivity index (χ4n) is 4.37. The third-order valence-electron chi connectivity index (χ3n) is 6.29. The smallest absolute Gasteiger partial charge is 0.258 e. The van der Waals surface area contributed by atoms with Crippen LogP contribution < -0.4 is 0 Å². The standard InChI is InChI=1S/C29H29FN2O3/c1-4-20-16-22(13-14-24(20)23-10-6-5-8-18(23)2)29-31-28(32-35-29)21-12-15-25(26(30)17-21)27(34)11-7-9-19(3)33/h5,8,12-17,33H,3-4,6-7,9-11H2,1-2H3. The van der Waals surface area contributed by atoms with E-state index < -0.39 is 5.82 Å². The zero-order valence-electron chi connectivity index (χ0n) is 20.1. The number of aliphatic hydroxyl groups is 1. The zero-order valence-corrected chi connectivity index (χ0v) is 20.1. The highest BCUT2D eigenvalue weighted by Gasteiger charge is 2.18. The number of allylic oxidation sites excluding steroid dienone is 5. The number of hydrogen-bond acceptors (Lipinski definition) is 5. The summed E-state index contributed by atoms with van der Waals surface area (Å²) in [5.41, 5.74) is 6.38. The zero-order chi connectivity index (χ0) is 24.9. The molecule has 0 amide bonds. The van der Waals surface area contributed by atoms with Crippen LogP contribution in [0.4, 0.5) is 4.39 Å². The van der Waals surface area contributed by atoms with Gasteiger partial charge in [-0.05, 0) is 79.1 Å². The number of hydrogen-bond donors (Lipinski definition) is 1. The fourth-order valence-corrected chi connectivity index (χ4v) is 4.37. The van der Waals surface area contributed by atoms with Gasteiger partial charge in [0.2, 0.25) is 5.82 Å². The van der Waals surface area contributed by atoms with E-state index >= 15 is 0 Å². The van der Waals surface area contributed by atoms with Crippen molar-refractivity contribution >= 4 is 11.4 Å². The average Bonchev–Trinajstić information content (AvgIpc) is 3.34. The molecule has 0 saturated carbocycles. The number of Topliss-reactive ketones (excluding diaryl/α,β-unsaturated/α-hetero) is 1. The first-order valence-corrected chi connectivity index (χ1v) is 11.9. The molecule has 0 fully saturated rings. The van der Waals surface area contributed by atoms with Crippen LogP contribution in [0.15, 0.2) is 71.0 Å². The van der Waals surface area contributed by atoms with E-state index in [4.69, 9.17) is 9.63 Å². The van der Waals surface area contributed by atoms with Gasteiger partial charge in [0.1, 0.15) is 5.82 Å². The highest BCUT2D eigenvalue weighted by Crippen LogP contribution is 2.33. The van der Waals surface area contributed by atoms with Crippen LogP contribution in [0, 0.1) is 5.82 Å². The summed E-state index contributed by atoms with van der Waals surface area (Å²) in [5.74, 6) is -0.326. The normalized spacial score (nSPS) is 13.3. The Morgan fingerprint density at radius 2 is 1.97 bits per heavy atom. The number of aliphatic hydroxyl groups excluding tert-OH is 1. The molecule has 4 rings (SSSR count). The molecule has 180 valence electrons. The van der Waals surface area contributed by atoms with Crippen molar-refractivity contribution in [1.29, 1.82) is 0 Å². The highest BCUT2D eigenvalue weighted by atomic mass is 19.1. The van der Waals surface area contributed by atoms with Gasteiger partial charge in [-0.3, -0.25) is 4.79 Å². The summed E-state index contributed by atoms with van der Waals surface area (Å²) in [4.78, 5) is 16.8. The third-order valence-corrected chi connectivity index (χ3v) is 6.29. The van der Waals surface area contributed by atoms with Gasteiger partial charge in [0.15, 0.2) is 5.78 Å². The molecular formula is C29H29FN2O3. The topological polar surface area (TPSA) is 76.2 Å². The molecule has 3 aromatic rings. The number of halogens is 1. The van der Waals surface area contributed by atoms with Crippen molar-refractivity contribution in [3.05, 3.63) is 89.0 Å². The number of nitrogens with zero attached hydrogens (tertiary/aromatic N) is 2. The van der Waals surface area contributed by atoms with Crippen LogP contribution in [0.5, 0.6) is 0 Å². The second kappa shape index (κ2) is 10.6. The number of ketones is 1. The van der Waals surface area contributed by atoms with Crippen LogP contribution in [0.1, 0.15) is 67.4 Å². The molecule has 5 nitrogen and oxygen atoms in total. The number of carbonyl (C=O) groups excluding carboxylic acids is 1. The molecule has 0 bridgehead atoms. The first-order valence-electron chi connectivity index (χ1n) is 11.9. The Morgan fingerprint density at radius 1 is 1.17 bits per heavy atom. The van der Waals surface area contributed by atoms with E-state index in [1.165, 1.54) is 34.4 Å². The molecule has 0 spiro atoms. The minimum absolute atomic E-state index is 0.00588. The van der Waals surface area contributed by atoms with Crippen LogP contribution in [0.3, 0.4) is 0 Å². The summed E-state index contributed by atoms with van der Waals surface area (Å²) in [6, 6.07) is 10.5. The molecule has 1 aliphatic carbocycles. The number of aromatic nitrogens is 2. The molecule has 1 N–H and O–H groups in total. The van der Waals surface area contributed by atoms with Crippen molar-refractivity contribution in [3.8, 4) is 22.8 Å². The molecule has 1 aromatic heterocycles. The second-order valence-corrected chi connectivity index (χ2v) is 8.79. The SMILES string of the molecule is C=C(O)CCCC(=O)c1ccc(-c2noc(-c3ccc(C4=C(C)C=CCC4)c(CC)c3)n2)cc1F. The van der Waals surface area contributed by atoms with E-state index in [-0.39, 0.29) is 29.4 Å². The molecule has 0 saturated heterocycles. The van der Waals surface area contributed by atoms with E-state index in [0.717, 1.165) is 24.8 Å². The number of aryl methyl sites for hydroxylation is 1. The Hall–Kier alpha value is -3.80. The summed E-state index contributed by atoms with van der Waals surface area (Å²) < 4.78 is 20.2. The molecule has 0 aliphatic heterocycles. The molecular weight excluding hydrogens is 443 g/mol. The summed E-state index contributed by atoms with van der Waals surface area (Å²) in [6.07, 6.45) is 8.19. The lowest BCUT2D eigenvalue weighted by atomic mass is 9.88. The van der Waals surface area contributed by atoms with Crippen LogP contribution in [0.2, 0.25) is 0 Å². The van der Waals surface area contributed by atoms with E-state index in [9.17, 15) is 9.18 Å². The van der Waals surface area contributed by atoms with E-state index in [2.05, 4.69) is 54.9 Å². The van der Waals surface area contributed by atoms with Crippen molar-refractivity contribution in [1.82, 2.24) is 10.1 Å². The van der Waals surface area contributed by atoms with Crippen molar-refractivity contribution < 1.29 is 18.8 Å². The van der Waals surface area contributed by atoms with Crippen LogP contribution >= 0.6 is 0 Å². The molecule has 6 heteroatoms. The van der Waals surface area contributed by atoms with Crippen LogP contribution in [0.25, 0.3) is 28.4 Å². The van der Waals surface area contributed by atoms with Gasteiger partial charge >= 0.3 is 0 Å². The quantitative estimate of drug-likeness (QED) is 0.256. The van der Waals surface area contributed by atoms with Gasteiger partial charge < -0.3 is 9.63 Å². The maximum absolute atomic E-state index is 14.7. The molecule has 0 atom stereocenters.